The number of hydrogen-bond donors (Lipinski definition) is 2. The molecule has 0 saturated carbocycles. The van der Waals surface area contributed by atoms with Crippen LogP contribution in [0.5, 0.6) is 11.5 Å². The van der Waals surface area contributed by atoms with Crippen molar-refractivity contribution in [3.63, 3.8) is 0 Å². The van der Waals surface area contributed by atoms with Gasteiger partial charge in [-0.3, -0.25) is 0 Å². The number of likely N-dealkylation sites (tertiary alicyclic amines) is 1. The van der Waals surface area contributed by atoms with E-state index in [2.05, 4.69) is 34.0 Å². The van der Waals surface area contributed by atoms with Crippen molar-refractivity contribution < 1.29 is 9.47 Å². The monoisotopic (exact) mass is 371 g/mol. The maximum absolute atomic E-state index is 6.16. The molecule has 1 unspecified atom stereocenters. The van der Waals surface area contributed by atoms with Crippen LogP contribution in [0.3, 0.4) is 0 Å². The molecular weight excluding hydrogens is 342 g/mol. The molecule has 146 valence electrons. The van der Waals surface area contributed by atoms with Crippen LogP contribution in [0.25, 0.3) is 11.1 Å². The zero-order valence-electron chi connectivity index (χ0n) is 16.5. The van der Waals surface area contributed by atoms with Crippen LogP contribution in [0, 0.1) is 5.92 Å². The zero-order valence-corrected chi connectivity index (χ0v) is 16.5. The van der Waals surface area contributed by atoms with Gasteiger partial charge in [-0.2, -0.15) is 4.98 Å². The van der Waals surface area contributed by atoms with E-state index in [9.17, 15) is 0 Å². The minimum absolute atomic E-state index is 0.240. The van der Waals surface area contributed by atoms with E-state index in [0.717, 1.165) is 42.1 Å². The van der Waals surface area contributed by atoms with E-state index >= 15 is 0 Å². The standard InChI is InChI=1S/C20H29N5O2/c1-13(2)25-8-7-14(11-25)12-27-18-9-15(5-6-17(18)26-4)16-10-23-20(21)24-19(16)22-3/h5-6,9-10,13-14H,7-8,11-12H2,1-4H3,(H3,21,22,23,24). The highest BCUT2D eigenvalue weighted by atomic mass is 16.5. The summed E-state index contributed by atoms with van der Waals surface area (Å²) in [6, 6.07) is 6.44. The van der Waals surface area contributed by atoms with Gasteiger partial charge in [0.15, 0.2) is 11.5 Å². The lowest BCUT2D eigenvalue weighted by Gasteiger charge is -2.20. The molecule has 0 aliphatic carbocycles. The average Bonchev–Trinajstić information content (AvgIpc) is 3.15. The first-order valence-electron chi connectivity index (χ1n) is 9.37. The van der Waals surface area contributed by atoms with Gasteiger partial charge in [0.1, 0.15) is 5.82 Å². The second kappa shape index (κ2) is 8.43. The number of nitrogen functional groups attached to an aromatic ring is 1. The van der Waals surface area contributed by atoms with Crippen LogP contribution >= 0.6 is 0 Å². The molecule has 3 N–H and O–H groups in total. The summed E-state index contributed by atoms with van der Waals surface area (Å²) in [6.45, 7) is 7.38. The third kappa shape index (κ3) is 4.42. The first kappa shape index (κ1) is 19.2. The maximum Gasteiger partial charge on any atom is 0.221 e. The summed E-state index contributed by atoms with van der Waals surface area (Å²) in [4.78, 5) is 10.9. The van der Waals surface area contributed by atoms with Crippen molar-refractivity contribution in [3.8, 4) is 22.6 Å². The topological polar surface area (TPSA) is 85.5 Å². The molecule has 1 saturated heterocycles. The maximum atomic E-state index is 6.16. The van der Waals surface area contributed by atoms with Gasteiger partial charge in [0.25, 0.3) is 0 Å². The molecule has 7 nitrogen and oxygen atoms in total. The summed E-state index contributed by atoms with van der Waals surface area (Å²) in [5, 5.41) is 3.07. The Kier molecular flexibility index (Phi) is 6.01. The summed E-state index contributed by atoms with van der Waals surface area (Å²) in [5.74, 6) is 2.91. The van der Waals surface area contributed by atoms with Crippen LogP contribution in [0.1, 0.15) is 20.3 Å². The molecule has 1 aliphatic heterocycles. The number of hydrogen-bond acceptors (Lipinski definition) is 7. The second-order valence-corrected chi connectivity index (χ2v) is 7.16. The molecule has 2 heterocycles. The van der Waals surface area contributed by atoms with Crippen molar-refractivity contribution >= 4 is 11.8 Å². The quantitative estimate of drug-likeness (QED) is 0.774. The number of anilines is 2. The Balaban J connectivity index is 1.78. The van der Waals surface area contributed by atoms with Crippen molar-refractivity contribution in [1.29, 1.82) is 0 Å². The number of nitrogens with two attached hydrogens (primary N) is 1. The van der Waals surface area contributed by atoms with Crippen LogP contribution in [0.2, 0.25) is 0 Å². The first-order valence-corrected chi connectivity index (χ1v) is 9.37. The van der Waals surface area contributed by atoms with Gasteiger partial charge in [-0.15, -0.1) is 0 Å². The number of benzene rings is 1. The fraction of sp³-hybridized carbons (Fsp3) is 0.500. The van der Waals surface area contributed by atoms with Crippen molar-refractivity contribution in [3.05, 3.63) is 24.4 Å². The van der Waals surface area contributed by atoms with Gasteiger partial charge < -0.3 is 25.4 Å². The average molecular weight is 371 g/mol. The molecule has 1 aromatic carbocycles. The highest BCUT2D eigenvalue weighted by Gasteiger charge is 2.25. The number of rotatable bonds is 7. The summed E-state index contributed by atoms with van der Waals surface area (Å²) in [6.07, 6.45) is 2.88. The van der Waals surface area contributed by atoms with Gasteiger partial charge in [-0.1, -0.05) is 6.07 Å². The highest BCUT2D eigenvalue weighted by Crippen LogP contribution is 2.35. The van der Waals surface area contributed by atoms with Gasteiger partial charge in [0, 0.05) is 37.3 Å². The minimum Gasteiger partial charge on any atom is -0.493 e. The first-order chi connectivity index (χ1) is 13.0. The number of nitrogens with zero attached hydrogens (tertiary/aromatic N) is 3. The Morgan fingerprint density at radius 3 is 2.81 bits per heavy atom. The fourth-order valence-electron chi connectivity index (χ4n) is 3.43. The molecule has 2 aromatic rings. The Bertz CT molecular complexity index is 781. The van der Waals surface area contributed by atoms with Crippen LogP contribution in [0.4, 0.5) is 11.8 Å². The Labute approximate surface area is 160 Å². The Morgan fingerprint density at radius 2 is 2.15 bits per heavy atom. The molecular formula is C20H29N5O2. The number of ether oxygens (including phenoxy) is 2. The second-order valence-electron chi connectivity index (χ2n) is 7.16. The van der Waals surface area contributed by atoms with E-state index in [1.54, 1.807) is 13.3 Å². The normalized spacial score (nSPS) is 17.3. The van der Waals surface area contributed by atoms with Crippen molar-refractivity contribution in [2.45, 2.75) is 26.3 Å². The van der Waals surface area contributed by atoms with E-state index in [1.165, 1.54) is 0 Å². The molecule has 1 fully saturated rings. The fourth-order valence-corrected chi connectivity index (χ4v) is 3.43. The molecule has 1 aromatic heterocycles. The Morgan fingerprint density at radius 1 is 1.33 bits per heavy atom. The van der Waals surface area contributed by atoms with E-state index in [1.807, 2.05) is 25.2 Å². The minimum atomic E-state index is 0.240. The smallest absolute Gasteiger partial charge is 0.221 e. The molecule has 27 heavy (non-hydrogen) atoms. The molecule has 0 amide bonds. The predicted octanol–water partition coefficient (Wildman–Crippen LogP) is 2.89. The predicted molar refractivity (Wildman–Crippen MR) is 108 cm³/mol. The third-order valence-corrected chi connectivity index (χ3v) is 5.04. The van der Waals surface area contributed by atoms with Gasteiger partial charge in [-0.05, 0) is 44.5 Å². The van der Waals surface area contributed by atoms with Gasteiger partial charge in [-0.25, -0.2) is 4.98 Å². The molecule has 0 bridgehead atoms. The molecule has 0 radical (unpaired) electrons. The van der Waals surface area contributed by atoms with Crippen molar-refractivity contribution in [1.82, 2.24) is 14.9 Å². The van der Waals surface area contributed by atoms with Crippen LogP contribution in [-0.2, 0) is 0 Å². The zero-order chi connectivity index (χ0) is 19.4. The number of nitrogens with one attached hydrogen (secondary N) is 1. The lowest BCUT2D eigenvalue weighted by molar-refractivity contribution is 0.218. The van der Waals surface area contributed by atoms with Crippen molar-refractivity contribution in [2.24, 2.45) is 5.92 Å². The largest absolute Gasteiger partial charge is 0.493 e. The summed E-state index contributed by atoms with van der Waals surface area (Å²) < 4.78 is 11.6. The van der Waals surface area contributed by atoms with E-state index in [0.29, 0.717) is 24.4 Å². The van der Waals surface area contributed by atoms with E-state index in [4.69, 9.17) is 15.2 Å². The molecule has 1 aliphatic rings. The molecule has 1 atom stereocenters. The molecule has 3 rings (SSSR count). The van der Waals surface area contributed by atoms with E-state index < -0.39 is 0 Å². The van der Waals surface area contributed by atoms with Crippen LogP contribution in [-0.4, -0.2) is 54.8 Å². The SMILES string of the molecule is CNc1nc(N)ncc1-c1ccc(OC)c(OCC2CCN(C(C)C)C2)c1. The molecule has 7 heteroatoms. The van der Waals surface area contributed by atoms with Gasteiger partial charge in [0.05, 0.1) is 13.7 Å². The highest BCUT2D eigenvalue weighted by molar-refractivity contribution is 5.76. The van der Waals surface area contributed by atoms with E-state index in [-0.39, 0.29) is 5.95 Å². The lowest BCUT2D eigenvalue weighted by atomic mass is 10.1. The van der Waals surface area contributed by atoms with Crippen LogP contribution in [0.15, 0.2) is 24.4 Å². The van der Waals surface area contributed by atoms with Crippen molar-refractivity contribution in [2.75, 3.05) is 44.9 Å². The summed E-state index contributed by atoms with van der Waals surface area (Å²) >= 11 is 0. The van der Waals surface area contributed by atoms with Gasteiger partial charge >= 0.3 is 0 Å². The third-order valence-electron chi connectivity index (χ3n) is 5.04. The summed E-state index contributed by atoms with van der Waals surface area (Å²) in [7, 11) is 3.47. The number of methoxy groups -OCH3 is 1. The Hall–Kier alpha value is -2.54. The van der Waals surface area contributed by atoms with Crippen LogP contribution < -0.4 is 20.5 Å². The molecule has 0 spiro atoms. The lowest BCUT2D eigenvalue weighted by Crippen LogP contribution is -2.29. The van der Waals surface area contributed by atoms with Gasteiger partial charge in [0.2, 0.25) is 5.95 Å². The summed E-state index contributed by atoms with van der Waals surface area (Å²) in [5.41, 5.74) is 7.51. The number of aromatic nitrogens is 2.